The van der Waals surface area contributed by atoms with Crippen LogP contribution >= 0.6 is 0 Å². The van der Waals surface area contributed by atoms with E-state index in [1.807, 2.05) is 48.4 Å². The average molecular weight is 323 g/mol. The lowest BCUT2D eigenvalue weighted by atomic mass is 9.98. The van der Waals surface area contributed by atoms with Crippen molar-refractivity contribution in [3.05, 3.63) is 60.2 Å². The predicted molar refractivity (Wildman–Crippen MR) is 102 cm³/mol. The number of halogens is 1. The Kier molecular flexibility index (Phi) is 6.17. The molecule has 0 N–H and O–H groups in total. The fourth-order valence-corrected chi connectivity index (χ4v) is 2.64. The Labute approximate surface area is 145 Å². The van der Waals surface area contributed by atoms with Gasteiger partial charge in [0, 0.05) is 12.0 Å². The van der Waals surface area contributed by atoms with Crippen molar-refractivity contribution in [3.63, 3.8) is 0 Å². The average Bonchev–Trinajstić information content (AvgIpc) is 2.54. The number of benzene rings is 2. The molecule has 2 aromatic rings. The van der Waals surface area contributed by atoms with E-state index in [0.717, 1.165) is 16.3 Å². The molecule has 2 heteroatoms. The molecule has 0 bridgehead atoms. The molecule has 0 fully saturated rings. The summed E-state index contributed by atoms with van der Waals surface area (Å²) in [5, 5.41) is 2.26. The molecule has 126 valence electrons. The van der Waals surface area contributed by atoms with Crippen molar-refractivity contribution in [1.82, 2.24) is 4.90 Å². The van der Waals surface area contributed by atoms with E-state index in [9.17, 15) is 4.39 Å². The second-order valence-corrected chi connectivity index (χ2v) is 7.10. The van der Waals surface area contributed by atoms with E-state index in [0.29, 0.717) is 6.54 Å². The van der Waals surface area contributed by atoms with E-state index in [4.69, 9.17) is 0 Å². The number of alkyl halides is 1. The van der Waals surface area contributed by atoms with E-state index >= 15 is 0 Å². The van der Waals surface area contributed by atoms with Gasteiger partial charge in [0.05, 0.1) is 6.04 Å². The Balaban J connectivity index is 2.15. The van der Waals surface area contributed by atoms with Crippen LogP contribution in [-0.2, 0) is 0 Å². The Bertz CT molecular complexity index is 753. The summed E-state index contributed by atoms with van der Waals surface area (Å²) in [7, 11) is 1.95. The molecular weight excluding hydrogens is 297 g/mol. The van der Waals surface area contributed by atoms with Gasteiger partial charge < -0.3 is 0 Å². The maximum absolute atomic E-state index is 13.8. The van der Waals surface area contributed by atoms with E-state index < -0.39 is 6.67 Å². The van der Waals surface area contributed by atoms with Crippen molar-refractivity contribution in [1.29, 1.82) is 0 Å². The second-order valence-electron chi connectivity index (χ2n) is 7.10. The van der Waals surface area contributed by atoms with Crippen LogP contribution in [0, 0.1) is 17.3 Å². The fourth-order valence-electron chi connectivity index (χ4n) is 2.64. The zero-order chi connectivity index (χ0) is 17.6. The Morgan fingerprint density at radius 2 is 1.83 bits per heavy atom. The molecule has 0 radical (unpaired) electrons. The number of allylic oxidation sites excluding steroid dienone is 1. The van der Waals surface area contributed by atoms with Crippen LogP contribution in [0.3, 0.4) is 0 Å². The number of hydrogen-bond acceptors (Lipinski definition) is 1. The van der Waals surface area contributed by atoms with Crippen LogP contribution in [0.5, 0.6) is 0 Å². The van der Waals surface area contributed by atoms with Gasteiger partial charge in [-0.25, -0.2) is 4.39 Å². The maximum Gasteiger partial charge on any atom is 0.109 e. The summed E-state index contributed by atoms with van der Waals surface area (Å²) in [6.45, 7) is 6.50. The minimum atomic E-state index is -0.411. The van der Waals surface area contributed by atoms with Crippen LogP contribution in [-0.4, -0.2) is 25.2 Å². The third kappa shape index (κ3) is 4.94. The van der Waals surface area contributed by atoms with Crippen molar-refractivity contribution < 1.29 is 4.39 Å². The summed E-state index contributed by atoms with van der Waals surface area (Å²) in [6, 6.07) is 14.0. The number of hydrogen-bond donors (Lipinski definition) is 0. The summed E-state index contributed by atoms with van der Waals surface area (Å²) < 4.78 is 13.8. The molecule has 0 heterocycles. The Morgan fingerprint density at radius 1 is 1.12 bits per heavy atom. The highest BCUT2D eigenvalue weighted by Crippen LogP contribution is 2.28. The van der Waals surface area contributed by atoms with Gasteiger partial charge in [-0.3, -0.25) is 4.90 Å². The molecule has 0 aliphatic heterocycles. The van der Waals surface area contributed by atoms with Gasteiger partial charge in [0.15, 0.2) is 0 Å². The van der Waals surface area contributed by atoms with Crippen molar-refractivity contribution in [2.24, 2.45) is 5.41 Å². The predicted octanol–water partition coefficient (Wildman–Crippen LogP) is 5.39. The molecule has 2 rings (SSSR count). The van der Waals surface area contributed by atoms with Gasteiger partial charge in [-0.15, -0.1) is 0 Å². The molecule has 0 aliphatic carbocycles. The molecule has 1 nitrogen and oxygen atoms in total. The third-order valence-electron chi connectivity index (χ3n) is 3.90. The minimum absolute atomic E-state index is 0.000665. The summed E-state index contributed by atoms with van der Waals surface area (Å²) in [5.41, 5.74) is 1.04. The maximum atomic E-state index is 13.8. The van der Waals surface area contributed by atoms with E-state index in [-0.39, 0.29) is 11.5 Å². The number of fused-ring (bicyclic) bond motifs is 1. The van der Waals surface area contributed by atoms with Crippen molar-refractivity contribution in [3.8, 4) is 11.8 Å². The van der Waals surface area contributed by atoms with Gasteiger partial charge in [-0.2, -0.15) is 0 Å². The zero-order valence-electron chi connectivity index (χ0n) is 15.0. The monoisotopic (exact) mass is 323 g/mol. The second kappa shape index (κ2) is 8.13. The molecule has 0 aromatic heterocycles. The quantitative estimate of drug-likeness (QED) is 0.667. The van der Waals surface area contributed by atoms with Gasteiger partial charge in [0.2, 0.25) is 0 Å². The first-order chi connectivity index (χ1) is 11.4. The summed E-state index contributed by atoms with van der Waals surface area (Å²) in [5.74, 6) is 6.22. The minimum Gasteiger partial charge on any atom is -0.293 e. The standard InChI is InChI=1S/C22H26FN/c1-22(2,3)15-8-5-9-16-24(4)21(17-23)20-14-10-12-18-11-6-7-13-19(18)20/h5-7,9-14,21H,16-17H2,1-4H3/b9-5+/t21-/m0/s1. The van der Waals surface area contributed by atoms with Crippen LogP contribution in [0.25, 0.3) is 10.8 Å². The van der Waals surface area contributed by atoms with Crippen LogP contribution in [0.2, 0.25) is 0 Å². The van der Waals surface area contributed by atoms with Gasteiger partial charge >= 0.3 is 0 Å². The Hall–Kier alpha value is -2.11. The highest BCUT2D eigenvalue weighted by atomic mass is 19.1. The summed E-state index contributed by atoms with van der Waals surface area (Å²) in [4.78, 5) is 2.02. The number of nitrogens with zero attached hydrogens (tertiary/aromatic N) is 1. The smallest absolute Gasteiger partial charge is 0.109 e. The lowest BCUT2D eigenvalue weighted by molar-refractivity contribution is 0.223. The van der Waals surface area contributed by atoms with E-state index in [2.05, 4.69) is 50.8 Å². The first kappa shape index (κ1) is 18.2. The molecule has 0 saturated carbocycles. The number of rotatable bonds is 5. The van der Waals surface area contributed by atoms with Crippen molar-refractivity contribution in [2.45, 2.75) is 26.8 Å². The van der Waals surface area contributed by atoms with Crippen LogP contribution in [0.4, 0.5) is 4.39 Å². The van der Waals surface area contributed by atoms with Gasteiger partial charge in [-0.05, 0) is 50.2 Å². The molecule has 0 amide bonds. The Morgan fingerprint density at radius 3 is 2.54 bits per heavy atom. The fraction of sp³-hybridized carbons (Fsp3) is 0.364. The first-order valence-electron chi connectivity index (χ1n) is 8.34. The van der Waals surface area contributed by atoms with Gasteiger partial charge in [-0.1, -0.05) is 60.4 Å². The molecule has 0 aliphatic rings. The van der Waals surface area contributed by atoms with Gasteiger partial charge in [0.1, 0.15) is 6.67 Å². The van der Waals surface area contributed by atoms with Crippen molar-refractivity contribution >= 4 is 10.8 Å². The SMILES string of the molecule is CN(C/C=C/C#CC(C)(C)C)[C@@H](CF)c1cccc2ccccc12. The molecule has 0 unspecified atom stereocenters. The van der Waals surface area contributed by atoms with Crippen LogP contribution in [0.15, 0.2) is 54.6 Å². The van der Waals surface area contributed by atoms with Gasteiger partial charge in [0.25, 0.3) is 0 Å². The topological polar surface area (TPSA) is 3.24 Å². The molecule has 2 aromatic carbocycles. The molecule has 24 heavy (non-hydrogen) atoms. The molecular formula is C22H26FN. The van der Waals surface area contributed by atoms with E-state index in [1.165, 1.54) is 0 Å². The highest BCUT2D eigenvalue weighted by Gasteiger charge is 2.18. The normalized spacial score (nSPS) is 13.2. The zero-order valence-corrected chi connectivity index (χ0v) is 15.0. The molecule has 1 atom stereocenters. The summed E-state index contributed by atoms with van der Waals surface area (Å²) in [6.07, 6.45) is 3.85. The van der Waals surface area contributed by atoms with E-state index in [1.54, 1.807) is 0 Å². The summed E-state index contributed by atoms with van der Waals surface area (Å²) >= 11 is 0. The number of likely N-dealkylation sites (N-methyl/N-ethyl adjacent to an activating group) is 1. The van der Waals surface area contributed by atoms with Crippen molar-refractivity contribution in [2.75, 3.05) is 20.3 Å². The van der Waals surface area contributed by atoms with Crippen LogP contribution < -0.4 is 0 Å². The molecule has 0 spiro atoms. The third-order valence-corrected chi connectivity index (χ3v) is 3.90. The largest absolute Gasteiger partial charge is 0.293 e. The molecule has 0 saturated heterocycles. The highest BCUT2D eigenvalue weighted by molar-refractivity contribution is 5.86. The first-order valence-corrected chi connectivity index (χ1v) is 8.34. The lowest BCUT2D eigenvalue weighted by Crippen LogP contribution is -2.26. The lowest BCUT2D eigenvalue weighted by Gasteiger charge is -2.26. The van der Waals surface area contributed by atoms with Crippen LogP contribution in [0.1, 0.15) is 32.4 Å².